The molecule has 0 aliphatic carbocycles. The van der Waals surface area contributed by atoms with Crippen molar-refractivity contribution in [3.05, 3.63) is 35.6 Å². The topological polar surface area (TPSA) is 20.3 Å². The van der Waals surface area contributed by atoms with Crippen LogP contribution in [0.5, 0.6) is 0 Å². The van der Waals surface area contributed by atoms with Gasteiger partial charge in [0.05, 0.1) is 0 Å². The molecule has 1 aliphatic rings. The average Bonchev–Trinajstić information content (AvgIpc) is 2.65. The molecule has 0 radical (unpaired) electrons. The van der Waals surface area contributed by atoms with Crippen LogP contribution < -0.4 is 0 Å². The van der Waals surface area contributed by atoms with Crippen LogP contribution >= 0.6 is 0 Å². The highest BCUT2D eigenvalue weighted by atomic mass is 19.1. The lowest BCUT2D eigenvalue weighted by molar-refractivity contribution is 0.0942. The van der Waals surface area contributed by atoms with E-state index in [0.29, 0.717) is 12.0 Å². The fourth-order valence-electron chi connectivity index (χ4n) is 2.62. The van der Waals surface area contributed by atoms with Crippen molar-refractivity contribution in [2.75, 3.05) is 13.1 Å². The smallest absolute Gasteiger partial charge is 0.164 e. The van der Waals surface area contributed by atoms with Gasteiger partial charge in [-0.05, 0) is 45.4 Å². The SMILES string of the molecule is CC1(C)CCCN1CCC(=O)c1cccc(F)c1. The second-order valence-electron chi connectivity index (χ2n) is 5.59. The van der Waals surface area contributed by atoms with E-state index in [9.17, 15) is 9.18 Å². The number of carbonyl (C=O) groups is 1. The van der Waals surface area contributed by atoms with Crippen molar-refractivity contribution in [2.45, 2.75) is 38.6 Å². The van der Waals surface area contributed by atoms with Crippen LogP contribution in [0, 0.1) is 5.82 Å². The number of likely N-dealkylation sites (tertiary alicyclic amines) is 1. The second kappa shape index (κ2) is 5.19. The molecular formula is C15H20FNO. The first-order chi connectivity index (χ1) is 8.49. The van der Waals surface area contributed by atoms with Crippen LogP contribution in [0.2, 0.25) is 0 Å². The zero-order valence-corrected chi connectivity index (χ0v) is 11.1. The maximum atomic E-state index is 13.0. The molecule has 0 bridgehead atoms. The summed E-state index contributed by atoms with van der Waals surface area (Å²) in [4.78, 5) is 14.3. The summed E-state index contributed by atoms with van der Waals surface area (Å²) in [5, 5.41) is 0. The van der Waals surface area contributed by atoms with Crippen LogP contribution in [0.4, 0.5) is 4.39 Å². The molecule has 1 aromatic rings. The van der Waals surface area contributed by atoms with Crippen molar-refractivity contribution in [3.8, 4) is 0 Å². The first-order valence-corrected chi connectivity index (χ1v) is 6.53. The lowest BCUT2D eigenvalue weighted by atomic mass is 10.0. The van der Waals surface area contributed by atoms with Gasteiger partial charge < -0.3 is 0 Å². The zero-order chi connectivity index (χ0) is 13.2. The Balaban J connectivity index is 1.93. The van der Waals surface area contributed by atoms with Gasteiger partial charge in [0, 0.05) is 24.1 Å². The molecule has 1 heterocycles. The fraction of sp³-hybridized carbons (Fsp3) is 0.533. The highest BCUT2D eigenvalue weighted by Gasteiger charge is 2.31. The van der Waals surface area contributed by atoms with Crippen LogP contribution in [0.1, 0.15) is 43.5 Å². The minimum atomic E-state index is -0.345. The Morgan fingerprint density at radius 3 is 2.83 bits per heavy atom. The summed E-state index contributed by atoms with van der Waals surface area (Å²) in [6, 6.07) is 5.95. The summed E-state index contributed by atoms with van der Waals surface area (Å²) in [7, 11) is 0. The van der Waals surface area contributed by atoms with Crippen molar-refractivity contribution >= 4 is 5.78 Å². The largest absolute Gasteiger partial charge is 0.298 e. The van der Waals surface area contributed by atoms with Crippen molar-refractivity contribution in [1.29, 1.82) is 0 Å². The van der Waals surface area contributed by atoms with Crippen LogP contribution in [-0.2, 0) is 0 Å². The van der Waals surface area contributed by atoms with Crippen molar-refractivity contribution < 1.29 is 9.18 Å². The molecule has 0 aromatic heterocycles. The lowest BCUT2D eigenvalue weighted by Gasteiger charge is -2.31. The third-order valence-corrected chi connectivity index (χ3v) is 3.83. The van der Waals surface area contributed by atoms with Gasteiger partial charge >= 0.3 is 0 Å². The van der Waals surface area contributed by atoms with E-state index in [0.717, 1.165) is 13.1 Å². The van der Waals surface area contributed by atoms with Gasteiger partial charge in [-0.2, -0.15) is 0 Å². The summed E-state index contributed by atoms with van der Waals surface area (Å²) in [6.45, 7) is 6.26. The molecule has 98 valence electrons. The zero-order valence-electron chi connectivity index (χ0n) is 11.1. The number of benzene rings is 1. The van der Waals surface area contributed by atoms with Gasteiger partial charge in [-0.15, -0.1) is 0 Å². The maximum Gasteiger partial charge on any atom is 0.164 e. The van der Waals surface area contributed by atoms with Crippen LogP contribution in [0.3, 0.4) is 0 Å². The second-order valence-corrected chi connectivity index (χ2v) is 5.59. The Morgan fingerprint density at radius 1 is 1.44 bits per heavy atom. The first kappa shape index (κ1) is 13.2. The monoisotopic (exact) mass is 249 g/mol. The van der Waals surface area contributed by atoms with Gasteiger partial charge in [-0.25, -0.2) is 4.39 Å². The number of hydrogen-bond acceptors (Lipinski definition) is 2. The number of nitrogens with zero attached hydrogens (tertiary/aromatic N) is 1. The van der Waals surface area contributed by atoms with E-state index >= 15 is 0 Å². The van der Waals surface area contributed by atoms with Gasteiger partial charge in [0.2, 0.25) is 0 Å². The molecule has 0 atom stereocenters. The van der Waals surface area contributed by atoms with Gasteiger partial charge in [0.1, 0.15) is 5.82 Å². The number of rotatable bonds is 4. The van der Waals surface area contributed by atoms with Gasteiger partial charge in [0.15, 0.2) is 5.78 Å². The molecule has 0 spiro atoms. The van der Waals surface area contributed by atoms with E-state index in [-0.39, 0.29) is 17.1 Å². The molecule has 1 aromatic carbocycles. The molecule has 0 N–H and O–H groups in total. The maximum absolute atomic E-state index is 13.0. The Bertz CT molecular complexity index is 442. The molecule has 0 saturated carbocycles. The molecular weight excluding hydrogens is 229 g/mol. The van der Waals surface area contributed by atoms with Crippen molar-refractivity contribution in [2.24, 2.45) is 0 Å². The Labute approximate surface area is 108 Å². The van der Waals surface area contributed by atoms with Crippen molar-refractivity contribution in [1.82, 2.24) is 4.90 Å². The first-order valence-electron chi connectivity index (χ1n) is 6.53. The number of halogens is 1. The number of ketones is 1. The number of Topliss-reactive ketones (excluding diaryl/α,β-unsaturated/α-hetero) is 1. The Kier molecular flexibility index (Phi) is 3.81. The van der Waals surface area contributed by atoms with E-state index in [4.69, 9.17) is 0 Å². The predicted molar refractivity (Wildman–Crippen MR) is 70.2 cm³/mol. The highest BCUT2D eigenvalue weighted by Crippen LogP contribution is 2.28. The summed E-state index contributed by atoms with van der Waals surface area (Å²) in [6.07, 6.45) is 2.84. The molecule has 1 fully saturated rings. The van der Waals surface area contributed by atoms with Gasteiger partial charge in [0.25, 0.3) is 0 Å². The average molecular weight is 249 g/mol. The number of carbonyl (C=O) groups excluding carboxylic acids is 1. The van der Waals surface area contributed by atoms with Crippen LogP contribution in [-0.4, -0.2) is 29.3 Å². The van der Waals surface area contributed by atoms with E-state index in [2.05, 4.69) is 18.7 Å². The number of hydrogen-bond donors (Lipinski definition) is 0. The van der Waals surface area contributed by atoms with E-state index in [1.807, 2.05) is 0 Å². The van der Waals surface area contributed by atoms with Crippen LogP contribution in [0.15, 0.2) is 24.3 Å². The highest BCUT2D eigenvalue weighted by molar-refractivity contribution is 5.96. The molecule has 18 heavy (non-hydrogen) atoms. The molecule has 2 nitrogen and oxygen atoms in total. The van der Waals surface area contributed by atoms with E-state index in [1.54, 1.807) is 12.1 Å². The Hall–Kier alpha value is -1.22. The van der Waals surface area contributed by atoms with Gasteiger partial charge in [-0.3, -0.25) is 9.69 Å². The minimum absolute atomic E-state index is 0.0252. The molecule has 1 saturated heterocycles. The predicted octanol–water partition coefficient (Wildman–Crippen LogP) is 3.27. The summed E-state index contributed by atoms with van der Waals surface area (Å²) >= 11 is 0. The summed E-state index contributed by atoms with van der Waals surface area (Å²) in [5.74, 6) is -0.320. The fourth-order valence-corrected chi connectivity index (χ4v) is 2.62. The standard InChI is InChI=1S/C15H20FNO/c1-15(2)8-4-9-17(15)10-7-14(18)12-5-3-6-13(16)11-12/h3,5-6,11H,4,7-10H2,1-2H3. The van der Waals surface area contributed by atoms with Crippen LogP contribution in [0.25, 0.3) is 0 Å². The van der Waals surface area contributed by atoms with E-state index in [1.165, 1.54) is 25.0 Å². The molecule has 2 rings (SSSR count). The molecule has 0 amide bonds. The molecule has 1 aliphatic heterocycles. The quantitative estimate of drug-likeness (QED) is 0.763. The third-order valence-electron chi connectivity index (χ3n) is 3.83. The lowest BCUT2D eigenvalue weighted by Crippen LogP contribution is -2.39. The molecule has 0 unspecified atom stereocenters. The molecule has 3 heteroatoms. The van der Waals surface area contributed by atoms with Crippen molar-refractivity contribution in [3.63, 3.8) is 0 Å². The minimum Gasteiger partial charge on any atom is -0.298 e. The Morgan fingerprint density at radius 2 is 2.22 bits per heavy atom. The van der Waals surface area contributed by atoms with E-state index < -0.39 is 0 Å². The third kappa shape index (κ3) is 2.96. The summed E-state index contributed by atoms with van der Waals surface area (Å²) in [5.41, 5.74) is 0.675. The summed E-state index contributed by atoms with van der Waals surface area (Å²) < 4.78 is 13.0. The van der Waals surface area contributed by atoms with Gasteiger partial charge in [-0.1, -0.05) is 12.1 Å². The normalized spacial score (nSPS) is 19.1.